The number of carbonyl (C=O) groups excluding carboxylic acids is 5. The molecule has 3 amide bonds. The minimum Gasteiger partial charge on any atom is -0.458 e. The van der Waals surface area contributed by atoms with Crippen LogP contribution in [0.3, 0.4) is 0 Å². The molecule has 0 bridgehead atoms. The highest BCUT2D eigenvalue weighted by molar-refractivity contribution is 8.02. The molecule has 2 aliphatic heterocycles. The van der Waals surface area contributed by atoms with E-state index < -0.39 is 44.3 Å². The second-order valence-electron chi connectivity index (χ2n) is 14.6. The van der Waals surface area contributed by atoms with E-state index in [2.05, 4.69) is 15.3 Å². The lowest BCUT2D eigenvalue weighted by Crippen LogP contribution is -2.57. The van der Waals surface area contributed by atoms with Crippen molar-refractivity contribution in [3.8, 4) is 0 Å². The Labute approximate surface area is 319 Å². The van der Waals surface area contributed by atoms with Crippen LogP contribution in [0.25, 0.3) is 0 Å². The largest absolute Gasteiger partial charge is 0.458 e. The van der Waals surface area contributed by atoms with Gasteiger partial charge < -0.3 is 19.9 Å². The average Bonchev–Trinajstić information content (AvgIpc) is 3.47. The summed E-state index contributed by atoms with van der Waals surface area (Å²) < 4.78 is 33.2. The maximum Gasteiger partial charge on any atom is 0.329 e. The molecule has 286 valence electrons. The molecule has 2 aliphatic rings. The van der Waals surface area contributed by atoms with Crippen LogP contribution in [0.1, 0.15) is 56.1 Å². The molecule has 5 rings (SSSR count). The molecule has 3 heterocycles. The molecular weight excluding hydrogens is 733 g/mol. The molecule has 0 unspecified atom stereocenters. The van der Waals surface area contributed by atoms with Gasteiger partial charge in [0.1, 0.15) is 22.6 Å². The van der Waals surface area contributed by atoms with Crippen molar-refractivity contribution in [1.29, 1.82) is 0 Å². The highest BCUT2D eigenvalue weighted by Gasteiger charge is 2.51. The molecule has 54 heavy (non-hydrogen) atoms. The molecule has 0 spiro atoms. The number of esters is 1. The fraction of sp³-hybridized carbons (Fsp3) is 0.421. The van der Waals surface area contributed by atoms with E-state index in [0.717, 1.165) is 9.87 Å². The summed E-state index contributed by atoms with van der Waals surface area (Å²) in [6.07, 6.45) is 4.37. The lowest BCUT2D eigenvalue weighted by molar-refractivity contribution is -0.158. The first-order chi connectivity index (χ1) is 25.5. The van der Waals surface area contributed by atoms with Gasteiger partial charge in [0.05, 0.1) is 18.0 Å². The average molecular weight is 777 g/mol. The number of sulfonamides is 1. The predicted octanol–water partition coefficient (Wildman–Crippen LogP) is 3.49. The van der Waals surface area contributed by atoms with Crippen molar-refractivity contribution >= 4 is 57.2 Å². The minimum atomic E-state index is -4.08. The van der Waals surface area contributed by atoms with Crippen molar-refractivity contribution < 1.29 is 37.1 Å². The second-order valence-corrected chi connectivity index (χ2v) is 18.1. The Hall–Kier alpha value is -4.89. The third kappa shape index (κ3) is 9.80. The number of nitrogens with one attached hydrogen (secondary N) is 1. The topological polar surface area (TPSA) is 176 Å². The summed E-state index contributed by atoms with van der Waals surface area (Å²) in [5.41, 5.74) is 1.47. The Morgan fingerprint density at radius 2 is 1.61 bits per heavy atom. The van der Waals surface area contributed by atoms with E-state index in [9.17, 15) is 32.4 Å². The molecule has 1 aromatic heterocycles. The number of hydrogen-bond acceptors (Lipinski definition) is 11. The zero-order valence-corrected chi connectivity index (χ0v) is 32.5. The number of carbonyl (C=O) groups is 4. The van der Waals surface area contributed by atoms with Gasteiger partial charge in [-0.15, -0.1) is 11.8 Å². The Kier molecular flexibility index (Phi) is 12.4. The van der Waals surface area contributed by atoms with Crippen LogP contribution in [-0.2, 0) is 46.8 Å². The van der Waals surface area contributed by atoms with Crippen LogP contribution in [0.2, 0.25) is 0 Å². The van der Waals surface area contributed by atoms with Gasteiger partial charge >= 0.3 is 5.97 Å². The molecule has 1 N–H and O–H groups in total. The zero-order valence-electron chi connectivity index (χ0n) is 30.9. The number of piperazine rings is 1. The molecule has 2 fully saturated rings. The van der Waals surface area contributed by atoms with E-state index in [-0.39, 0.29) is 35.4 Å². The zero-order chi connectivity index (χ0) is 39.3. The highest BCUT2D eigenvalue weighted by Crippen LogP contribution is 2.42. The predicted molar refractivity (Wildman–Crippen MR) is 202 cm³/mol. The monoisotopic (exact) mass is 776 g/mol. The molecule has 0 radical (unpaired) electrons. The Bertz CT molecular complexity index is 2000. The molecule has 14 nitrogen and oxygen atoms in total. The van der Waals surface area contributed by atoms with Gasteiger partial charge in [-0.05, 0) is 82.1 Å². The van der Waals surface area contributed by atoms with Crippen LogP contribution in [0.15, 0.2) is 82.9 Å². The van der Waals surface area contributed by atoms with Gasteiger partial charge in [0.15, 0.2) is 0 Å². The molecule has 2 saturated heterocycles. The first-order valence-electron chi connectivity index (χ1n) is 17.4. The van der Waals surface area contributed by atoms with Crippen molar-refractivity contribution in [2.24, 2.45) is 4.99 Å². The van der Waals surface area contributed by atoms with Crippen molar-refractivity contribution in [1.82, 2.24) is 24.4 Å². The van der Waals surface area contributed by atoms with Crippen molar-refractivity contribution in [3.63, 3.8) is 0 Å². The number of aromatic nitrogens is 1. The van der Waals surface area contributed by atoms with Crippen LogP contribution in [0.5, 0.6) is 0 Å². The molecule has 0 aliphatic carbocycles. The maximum absolute atomic E-state index is 14.0. The number of isocyanates is 1. The quantitative estimate of drug-likeness (QED) is 0.172. The third-order valence-corrected chi connectivity index (χ3v) is 12.4. The number of pyridine rings is 1. The maximum atomic E-state index is 14.0. The number of rotatable bonds is 11. The summed E-state index contributed by atoms with van der Waals surface area (Å²) in [6.45, 7) is 10.2. The Morgan fingerprint density at radius 1 is 0.981 bits per heavy atom. The highest BCUT2D eigenvalue weighted by atomic mass is 32.2. The smallest absolute Gasteiger partial charge is 0.329 e. The van der Waals surface area contributed by atoms with E-state index in [0.29, 0.717) is 43.0 Å². The number of ether oxygens (including phenoxy) is 1. The lowest BCUT2D eigenvalue weighted by atomic mass is 10.00. The van der Waals surface area contributed by atoms with E-state index in [1.807, 2.05) is 0 Å². The third-order valence-electron chi connectivity index (χ3n) is 9.03. The van der Waals surface area contributed by atoms with Crippen LogP contribution >= 0.6 is 11.8 Å². The van der Waals surface area contributed by atoms with Crippen LogP contribution < -0.4 is 5.32 Å². The van der Waals surface area contributed by atoms with Gasteiger partial charge in [0.2, 0.25) is 27.9 Å². The molecular formula is C38H44N6O8S2. The number of amides is 3. The molecule has 0 saturated carbocycles. The fourth-order valence-electron chi connectivity index (χ4n) is 6.22. The number of hydrogen-bond donors (Lipinski definition) is 1. The Morgan fingerprint density at radius 3 is 2.20 bits per heavy atom. The summed E-state index contributed by atoms with van der Waals surface area (Å²) in [5.74, 6) is -1.50. The van der Waals surface area contributed by atoms with Gasteiger partial charge in [-0.2, -0.15) is 9.30 Å². The number of nitrogens with zero attached hydrogens (tertiary/aromatic N) is 5. The van der Waals surface area contributed by atoms with Crippen LogP contribution in [0.4, 0.5) is 5.69 Å². The standard InChI is InChI=1S/C38H44N6O8S2/c1-37(2,3)52-36(49)31(41-34(47)33-38(4,5)53-25-44(33)54(50,51)30-7-6-16-39-23-30)21-26-8-10-27(11-9-26)22-32(46)42-17-19-43(20-18-42)35(48)28-12-14-29(15-13-28)40-24-45/h6-16,23,31,33H,17-22,25H2,1-5H3,(H,41,47)/t31-,33+/m0/s1. The van der Waals surface area contributed by atoms with E-state index in [1.54, 1.807) is 92.9 Å². The summed E-state index contributed by atoms with van der Waals surface area (Å²) in [6, 6.07) is 14.2. The first-order valence-corrected chi connectivity index (χ1v) is 19.8. The van der Waals surface area contributed by atoms with E-state index in [1.165, 1.54) is 42.4 Å². The second kappa shape index (κ2) is 16.6. The van der Waals surface area contributed by atoms with E-state index >= 15 is 0 Å². The summed E-state index contributed by atoms with van der Waals surface area (Å²) >= 11 is 1.32. The van der Waals surface area contributed by atoms with Crippen molar-refractivity contribution in [3.05, 3.63) is 89.7 Å². The van der Waals surface area contributed by atoms with Crippen molar-refractivity contribution in [2.45, 2.75) is 74.8 Å². The molecule has 16 heteroatoms. The molecule has 3 aromatic rings. The normalized spacial score (nSPS) is 18.0. The van der Waals surface area contributed by atoms with Crippen molar-refractivity contribution in [2.75, 3.05) is 32.1 Å². The number of thioether (sulfide) groups is 1. The van der Waals surface area contributed by atoms with Crippen LogP contribution in [-0.4, -0.2) is 112 Å². The minimum absolute atomic E-state index is 0.0352. The SMILES string of the molecule is CC(C)(C)OC(=O)[C@H](Cc1ccc(CC(=O)N2CCN(C(=O)c3ccc(N=C=O)cc3)CC2)cc1)NC(=O)[C@H]1N(S(=O)(=O)c2cccnc2)CSC1(C)C. The lowest BCUT2D eigenvalue weighted by Gasteiger charge is -2.35. The van der Waals surface area contributed by atoms with Gasteiger partial charge in [0.25, 0.3) is 5.91 Å². The fourth-order valence-corrected chi connectivity index (χ4v) is 9.36. The molecule has 2 aromatic carbocycles. The first kappa shape index (κ1) is 40.3. The number of aliphatic imine (C=N–C) groups is 1. The summed E-state index contributed by atoms with van der Waals surface area (Å²) in [5, 5.41) is 2.80. The van der Waals surface area contributed by atoms with Gasteiger partial charge in [-0.3, -0.25) is 19.4 Å². The summed E-state index contributed by atoms with van der Waals surface area (Å²) in [7, 11) is -4.08. The van der Waals surface area contributed by atoms with Gasteiger partial charge in [0, 0.05) is 55.3 Å². The van der Waals surface area contributed by atoms with Gasteiger partial charge in [-0.1, -0.05) is 24.3 Å². The Balaban J connectivity index is 1.22. The van der Waals surface area contributed by atoms with Gasteiger partial charge in [-0.25, -0.2) is 18.0 Å². The number of benzene rings is 2. The molecule has 2 atom stereocenters. The van der Waals surface area contributed by atoms with E-state index in [4.69, 9.17) is 4.74 Å². The summed E-state index contributed by atoms with van der Waals surface area (Å²) in [4.78, 5) is 74.9. The van der Waals surface area contributed by atoms with Crippen LogP contribution in [0, 0.1) is 0 Å².